The molecule has 0 spiro atoms. The Bertz CT molecular complexity index is 508. The first-order valence-corrected chi connectivity index (χ1v) is 9.79. The third-order valence-corrected chi connectivity index (χ3v) is 5.37. The molecule has 0 atom stereocenters. The van der Waals surface area contributed by atoms with Gasteiger partial charge in [0.1, 0.15) is 12.2 Å². The third kappa shape index (κ3) is 6.37. The van der Waals surface area contributed by atoms with E-state index in [9.17, 15) is 0 Å². The number of nitrogens with one attached hydrogen (secondary N) is 2. The van der Waals surface area contributed by atoms with Gasteiger partial charge in [0, 0.05) is 32.6 Å². The van der Waals surface area contributed by atoms with E-state index in [1.165, 1.54) is 38.5 Å². The average Bonchev–Trinajstić information content (AvgIpc) is 3.07. The van der Waals surface area contributed by atoms with Gasteiger partial charge in [0.05, 0.1) is 12.7 Å². The first kappa shape index (κ1) is 21.4. The van der Waals surface area contributed by atoms with Crippen molar-refractivity contribution >= 4 is 29.9 Å². The van der Waals surface area contributed by atoms with E-state index in [0.717, 1.165) is 50.9 Å². The summed E-state index contributed by atoms with van der Waals surface area (Å²) >= 11 is 0. The summed E-state index contributed by atoms with van der Waals surface area (Å²) in [4.78, 5) is 11.1. The van der Waals surface area contributed by atoms with Crippen LogP contribution in [0.5, 0.6) is 0 Å². The molecule has 2 heterocycles. The molecule has 2 N–H and O–H groups in total. The summed E-state index contributed by atoms with van der Waals surface area (Å²) in [6.07, 6.45) is 12.0. The molecule has 1 saturated carbocycles. The number of aromatic nitrogens is 3. The predicted octanol–water partition coefficient (Wildman–Crippen LogP) is 2.92. The third-order valence-electron chi connectivity index (χ3n) is 5.37. The highest BCUT2D eigenvalue weighted by Crippen LogP contribution is 2.25. The van der Waals surface area contributed by atoms with Crippen molar-refractivity contribution in [2.75, 3.05) is 33.3 Å². The quantitative estimate of drug-likeness (QED) is 0.225. The van der Waals surface area contributed by atoms with Gasteiger partial charge in [-0.05, 0) is 25.7 Å². The number of halogens is 1. The van der Waals surface area contributed by atoms with Gasteiger partial charge in [0.25, 0.3) is 0 Å². The highest BCUT2D eigenvalue weighted by molar-refractivity contribution is 14.0. The van der Waals surface area contributed by atoms with E-state index < -0.39 is 0 Å². The Labute approximate surface area is 173 Å². The number of nitrogens with zero attached hydrogens (tertiary/aromatic N) is 4. The van der Waals surface area contributed by atoms with E-state index in [2.05, 4.69) is 30.4 Å². The number of H-pyrrole nitrogens is 1. The van der Waals surface area contributed by atoms with Crippen LogP contribution in [0.4, 0.5) is 0 Å². The molecule has 0 aromatic carbocycles. The molecule has 148 valence electrons. The van der Waals surface area contributed by atoms with E-state index in [0.29, 0.717) is 12.0 Å². The summed E-state index contributed by atoms with van der Waals surface area (Å²) in [6, 6.07) is 0. The summed E-state index contributed by atoms with van der Waals surface area (Å²) in [7, 11) is 1.86. The van der Waals surface area contributed by atoms with Crippen LogP contribution in [0.2, 0.25) is 0 Å². The van der Waals surface area contributed by atoms with Gasteiger partial charge in [-0.25, -0.2) is 4.98 Å². The zero-order chi connectivity index (χ0) is 17.3. The molecule has 2 fully saturated rings. The number of guanidine groups is 1. The Morgan fingerprint density at radius 3 is 2.58 bits per heavy atom. The molecule has 0 radical (unpaired) electrons. The lowest BCUT2D eigenvalue weighted by atomic mass is 9.96. The fourth-order valence-electron chi connectivity index (χ4n) is 3.91. The number of aromatic amines is 1. The van der Waals surface area contributed by atoms with Crippen molar-refractivity contribution in [3.63, 3.8) is 0 Å². The van der Waals surface area contributed by atoms with E-state index >= 15 is 0 Å². The number of ether oxygens (including phenoxy) is 1. The number of piperidine rings is 1. The van der Waals surface area contributed by atoms with Crippen molar-refractivity contribution in [3.05, 3.63) is 12.2 Å². The second kappa shape index (κ2) is 11.7. The largest absolute Gasteiger partial charge is 0.376 e. The second-order valence-corrected chi connectivity index (χ2v) is 7.09. The fraction of sp³-hybridized carbons (Fsp3) is 0.833. The minimum atomic E-state index is 0. The van der Waals surface area contributed by atoms with Crippen LogP contribution in [-0.4, -0.2) is 65.4 Å². The Morgan fingerprint density at radius 1 is 1.23 bits per heavy atom. The van der Waals surface area contributed by atoms with Crippen LogP contribution in [0.15, 0.2) is 11.3 Å². The van der Waals surface area contributed by atoms with Crippen molar-refractivity contribution in [1.82, 2.24) is 25.4 Å². The van der Waals surface area contributed by atoms with Gasteiger partial charge in [0.2, 0.25) is 0 Å². The molecule has 7 nitrogen and oxygen atoms in total. The number of hydrogen-bond acceptors (Lipinski definition) is 4. The molecular formula is C18H33IN6O. The van der Waals surface area contributed by atoms with Crippen molar-refractivity contribution in [2.45, 2.75) is 63.4 Å². The standard InChI is InChI=1S/C18H32N6O.HI/c1-19-18(20-10-13-25-16-6-4-2-3-5-7-16)24-11-8-15(9-12-24)17-21-14-22-23-17;/h14-16H,2-13H2,1H3,(H,19,20)(H,21,22,23);1H. The molecular weight excluding hydrogens is 443 g/mol. The molecule has 1 aromatic heterocycles. The maximum absolute atomic E-state index is 6.06. The number of hydrogen-bond donors (Lipinski definition) is 2. The Kier molecular flexibility index (Phi) is 9.66. The Hall–Kier alpha value is -0.900. The maximum atomic E-state index is 6.06. The Morgan fingerprint density at radius 2 is 1.96 bits per heavy atom. The van der Waals surface area contributed by atoms with Gasteiger partial charge in [-0.15, -0.1) is 24.0 Å². The summed E-state index contributed by atoms with van der Waals surface area (Å²) in [6.45, 7) is 3.58. The summed E-state index contributed by atoms with van der Waals surface area (Å²) in [5.74, 6) is 2.48. The zero-order valence-electron chi connectivity index (χ0n) is 15.8. The van der Waals surface area contributed by atoms with Crippen LogP contribution in [0.25, 0.3) is 0 Å². The molecule has 0 bridgehead atoms. The fourth-order valence-corrected chi connectivity index (χ4v) is 3.91. The maximum Gasteiger partial charge on any atom is 0.193 e. The van der Waals surface area contributed by atoms with Crippen molar-refractivity contribution in [2.24, 2.45) is 4.99 Å². The summed E-state index contributed by atoms with van der Waals surface area (Å²) in [5, 5.41) is 10.4. The summed E-state index contributed by atoms with van der Waals surface area (Å²) in [5.41, 5.74) is 0. The predicted molar refractivity (Wildman–Crippen MR) is 114 cm³/mol. The topological polar surface area (TPSA) is 78.4 Å². The first-order valence-electron chi connectivity index (χ1n) is 9.79. The van der Waals surface area contributed by atoms with Gasteiger partial charge in [-0.3, -0.25) is 10.1 Å². The molecule has 3 rings (SSSR count). The molecule has 8 heteroatoms. The van der Waals surface area contributed by atoms with Crippen LogP contribution in [0.1, 0.15) is 63.1 Å². The monoisotopic (exact) mass is 476 g/mol. The highest BCUT2D eigenvalue weighted by Gasteiger charge is 2.24. The van der Waals surface area contributed by atoms with Gasteiger partial charge < -0.3 is 15.0 Å². The lowest BCUT2D eigenvalue weighted by Gasteiger charge is -2.33. The van der Waals surface area contributed by atoms with Crippen LogP contribution in [0, 0.1) is 0 Å². The number of aliphatic imine (C=N–C) groups is 1. The second-order valence-electron chi connectivity index (χ2n) is 7.09. The first-order chi connectivity index (χ1) is 12.4. The van der Waals surface area contributed by atoms with Gasteiger partial charge in [-0.2, -0.15) is 5.10 Å². The van der Waals surface area contributed by atoms with Crippen LogP contribution in [-0.2, 0) is 4.74 Å². The van der Waals surface area contributed by atoms with E-state index in [4.69, 9.17) is 4.74 Å². The molecule has 1 aromatic rings. The average molecular weight is 476 g/mol. The SMILES string of the molecule is CN=C(NCCOC1CCCCCC1)N1CCC(c2ncn[nH]2)CC1.I. The zero-order valence-corrected chi connectivity index (χ0v) is 18.2. The summed E-state index contributed by atoms with van der Waals surface area (Å²) < 4.78 is 6.06. The van der Waals surface area contributed by atoms with Crippen LogP contribution < -0.4 is 5.32 Å². The Balaban J connectivity index is 0.00000243. The normalized spacial score (nSPS) is 20.5. The lowest BCUT2D eigenvalue weighted by Crippen LogP contribution is -2.46. The molecule has 1 aliphatic heterocycles. The molecule has 2 aliphatic rings. The highest BCUT2D eigenvalue weighted by atomic mass is 127. The molecule has 1 aliphatic carbocycles. The van der Waals surface area contributed by atoms with E-state index in [-0.39, 0.29) is 24.0 Å². The molecule has 1 saturated heterocycles. The van der Waals surface area contributed by atoms with Crippen LogP contribution in [0.3, 0.4) is 0 Å². The van der Waals surface area contributed by atoms with Crippen molar-refractivity contribution < 1.29 is 4.74 Å². The number of likely N-dealkylation sites (tertiary alicyclic amines) is 1. The molecule has 0 unspecified atom stereocenters. The van der Waals surface area contributed by atoms with Gasteiger partial charge in [0.15, 0.2) is 5.96 Å². The number of rotatable bonds is 5. The van der Waals surface area contributed by atoms with Crippen LogP contribution >= 0.6 is 24.0 Å². The molecule has 26 heavy (non-hydrogen) atoms. The lowest BCUT2D eigenvalue weighted by molar-refractivity contribution is 0.0465. The minimum Gasteiger partial charge on any atom is -0.376 e. The van der Waals surface area contributed by atoms with Gasteiger partial charge >= 0.3 is 0 Å². The van der Waals surface area contributed by atoms with Crippen molar-refractivity contribution in [1.29, 1.82) is 0 Å². The smallest absolute Gasteiger partial charge is 0.193 e. The van der Waals surface area contributed by atoms with E-state index in [1.54, 1.807) is 6.33 Å². The molecule has 0 amide bonds. The van der Waals surface area contributed by atoms with E-state index in [1.807, 2.05) is 7.05 Å². The minimum absolute atomic E-state index is 0. The van der Waals surface area contributed by atoms with Crippen molar-refractivity contribution in [3.8, 4) is 0 Å². The van der Waals surface area contributed by atoms with Gasteiger partial charge in [-0.1, -0.05) is 25.7 Å².